The standard InChI is InChI=1S/C33H47N9O3/c1-33(2,3)45-32(44)41-14-12-24(13-15-41)39-16-18-40(19-17-39)26-10-11-28(34-22-26)36-31-35-21-23-20-27(30(43)38(4)5)42(29(23)37-31)25-8-6-7-9-25/h10-11,20-22,24-25H,6-9,12-19H2,1-5H3,(H,34,35,36,37). The Kier molecular flexibility index (Phi) is 8.85. The van der Waals surface area contributed by atoms with Gasteiger partial charge in [0.25, 0.3) is 5.91 Å². The number of anilines is 3. The Morgan fingerprint density at radius 1 is 0.911 bits per heavy atom. The van der Waals surface area contributed by atoms with Crippen molar-refractivity contribution >= 4 is 40.5 Å². The summed E-state index contributed by atoms with van der Waals surface area (Å²) in [6, 6.07) is 6.75. The Labute approximate surface area is 265 Å². The molecule has 1 saturated carbocycles. The van der Waals surface area contributed by atoms with Gasteiger partial charge in [-0.15, -0.1) is 0 Å². The first-order chi connectivity index (χ1) is 21.6. The van der Waals surface area contributed by atoms with E-state index in [4.69, 9.17) is 9.72 Å². The highest BCUT2D eigenvalue weighted by Gasteiger charge is 2.31. The second kappa shape index (κ2) is 12.8. The number of hydrogen-bond donors (Lipinski definition) is 1. The molecule has 12 heteroatoms. The molecule has 6 rings (SSSR count). The topological polar surface area (TPSA) is 112 Å². The van der Waals surface area contributed by atoms with E-state index in [1.54, 1.807) is 25.2 Å². The van der Waals surface area contributed by atoms with Gasteiger partial charge in [0, 0.05) is 77.0 Å². The van der Waals surface area contributed by atoms with Crippen LogP contribution in [0.2, 0.25) is 0 Å². The molecule has 0 aromatic carbocycles. The second-order valence-electron chi connectivity index (χ2n) is 13.8. The number of ether oxygens (including phenoxy) is 1. The maximum absolute atomic E-state index is 13.0. The Morgan fingerprint density at radius 2 is 1.62 bits per heavy atom. The molecule has 0 radical (unpaired) electrons. The molecule has 242 valence electrons. The number of piperazine rings is 1. The van der Waals surface area contributed by atoms with Gasteiger partial charge in [-0.2, -0.15) is 4.98 Å². The van der Waals surface area contributed by atoms with E-state index in [0.717, 1.165) is 94.5 Å². The molecule has 0 spiro atoms. The average Bonchev–Trinajstić information content (AvgIpc) is 3.68. The van der Waals surface area contributed by atoms with Gasteiger partial charge in [-0.25, -0.2) is 14.8 Å². The molecule has 3 aliphatic rings. The summed E-state index contributed by atoms with van der Waals surface area (Å²) >= 11 is 0. The smallest absolute Gasteiger partial charge is 0.410 e. The van der Waals surface area contributed by atoms with Crippen LogP contribution in [0.15, 0.2) is 30.6 Å². The first kappa shape index (κ1) is 31.1. The lowest BCUT2D eigenvalue weighted by Crippen LogP contribution is -2.54. The minimum Gasteiger partial charge on any atom is -0.444 e. The average molecular weight is 618 g/mol. The monoisotopic (exact) mass is 617 g/mol. The summed E-state index contributed by atoms with van der Waals surface area (Å²) in [6.07, 6.45) is 9.88. The number of fused-ring (bicyclic) bond motifs is 1. The molecule has 2 saturated heterocycles. The third-order valence-electron chi connectivity index (χ3n) is 9.19. The van der Waals surface area contributed by atoms with Crippen molar-refractivity contribution in [3.05, 3.63) is 36.3 Å². The fourth-order valence-electron chi connectivity index (χ4n) is 6.84. The number of carbonyl (C=O) groups excluding carboxylic acids is 2. The summed E-state index contributed by atoms with van der Waals surface area (Å²) in [6.45, 7) is 11.1. The molecule has 3 fully saturated rings. The molecule has 1 N–H and O–H groups in total. The Bertz CT molecular complexity index is 1490. The van der Waals surface area contributed by atoms with Crippen molar-refractivity contribution < 1.29 is 14.3 Å². The number of nitrogens with zero attached hydrogens (tertiary/aromatic N) is 8. The molecule has 1 aliphatic carbocycles. The molecular formula is C33H47N9O3. The van der Waals surface area contributed by atoms with E-state index in [1.165, 1.54) is 0 Å². The number of amides is 2. The third-order valence-corrected chi connectivity index (χ3v) is 9.19. The van der Waals surface area contributed by atoms with E-state index in [9.17, 15) is 9.59 Å². The van der Waals surface area contributed by atoms with E-state index in [1.807, 2.05) is 44.0 Å². The number of rotatable bonds is 6. The lowest BCUT2D eigenvalue weighted by molar-refractivity contribution is 0.0140. The van der Waals surface area contributed by atoms with Crippen LogP contribution >= 0.6 is 0 Å². The van der Waals surface area contributed by atoms with Crippen molar-refractivity contribution in [2.45, 2.75) is 77.0 Å². The number of pyridine rings is 1. The molecule has 45 heavy (non-hydrogen) atoms. The van der Waals surface area contributed by atoms with E-state index in [2.05, 4.69) is 35.7 Å². The SMILES string of the molecule is CN(C)C(=O)c1cc2cnc(Nc3ccc(N4CCN(C5CCN(C(=O)OC(C)(C)C)CC5)CC4)cn3)nc2n1C1CCCC1. The number of likely N-dealkylation sites (tertiary alicyclic amines) is 1. The van der Waals surface area contributed by atoms with Gasteiger partial charge in [0.1, 0.15) is 22.8 Å². The number of carbonyl (C=O) groups is 2. The summed E-state index contributed by atoms with van der Waals surface area (Å²) in [5.41, 5.74) is 2.09. The fourth-order valence-corrected chi connectivity index (χ4v) is 6.84. The lowest BCUT2D eigenvalue weighted by Gasteiger charge is -2.43. The zero-order chi connectivity index (χ0) is 31.7. The predicted molar refractivity (Wildman–Crippen MR) is 175 cm³/mol. The highest BCUT2D eigenvalue weighted by atomic mass is 16.6. The van der Waals surface area contributed by atoms with Crippen LogP contribution in [0.3, 0.4) is 0 Å². The van der Waals surface area contributed by atoms with Crippen LogP contribution in [0.5, 0.6) is 0 Å². The number of piperidine rings is 1. The molecule has 2 aliphatic heterocycles. The Hall–Kier alpha value is -3.93. The summed E-state index contributed by atoms with van der Waals surface area (Å²) in [7, 11) is 3.57. The van der Waals surface area contributed by atoms with Crippen LogP contribution in [0, 0.1) is 0 Å². The predicted octanol–water partition coefficient (Wildman–Crippen LogP) is 4.91. The molecular weight excluding hydrogens is 570 g/mol. The van der Waals surface area contributed by atoms with Gasteiger partial charge in [-0.3, -0.25) is 9.69 Å². The van der Waals surface area contributed by atoms with Crippen molar-refractivity contribution in [1.82, 2.24) is 34.2 Å². The summed E-state index contributed by atoms with van der Waals surface area (Å²) in [4.78, 5) is 47.9. The van der Waals surface area contributed by atoms with Gasteiger partial charge in [0.2, 0.25) is 5.95 Å². The Morgan fingerprint density at radius 3 is 2.24 bits per heavy atom. The zero-order valence-corrected chi connectivity index (χ0v) is 27.3. The van der Waals surface area contributed by atoms with Gasteiger partial charge in [0.05, 0.1) is 11.9 Å². The first-order valence-electron chi connectivity index (χ1n) is 16.4. The highest BCUT2D eigenvalue weighted by Crippen LogP contribution is 2.35. The molecule has 2 amide bonds. The summed E-state index contributed by atoms with van der Waals surface area (Å²) < 4.78 is 7.68. The second-order valence-corrected chi connectivity index (χ2v) is 13.8. The lowest BCUT2D eigenvalue weighted by atomic mass is 10.0. The minimum absolute atomic E-state index is 0.0175. The first-order valence-corrected chi connectivity index (χ1v) is 16.4. The minimum atomic E-state index is -0.462. The van der Waals surface area contributed by atoms with Gasteiger partial charge < -0.3 is 29.3 Å². The highest BCUT2D eigenvalue weighted by molar-refractivity contribution is 5.97. The third kappa shape index (κ3) is 7.00. The molecule has 0 atom stereocenters. The van der Waals surface area contributed by atoms with Crippen LogP contribution in [0.1, 0.15) is 75.8 Å². The quantitative estimate of drug-likeness (QED) is 0.413. The van der Waals surface area contributed by atoms with Gasteiger partial charge in [-0.05, 0) is 64.7 Å². The van der Waals surface area contributed by atoms with E-state index < -0.39 is 5.60 Å². The molecule has 0 bridgehead atoms. The van der Waals surface area contributed by atoms with Crippen LogP contribution in [0.4, 0.5) is 22.2 Å². The number of aromatic nitrogens is 4. The Balaban J connectivity index is 1.05. The maximum Gasteiger partial charge on any atom is 0.410 e. The largest absolute Gasteiger partial charge is 0.444 e. The van der Waals surface area contributed by atoms with Crippen molar-refractivity contribution in [2.75, 3.05) is 63.6 Å². The van der Waals surface area contributed by atoms with Crippen molar-refractivity contribution in [3.63, 3.8) is 0 Å². The molecule has 5 heterocycles. The van der Waals surface area contributed by atoms with Crippen molar-refractivity contribution in [2.24, 2.45) is 0 Å². The van der Waals surface area contributed by atoms with Gasteiger partial charge in [0.15, 0.2) is 0 Å². The van der Waals surface area contributed by atoms with Crippen molar-refractivity contribution in [3.8, 4) is 0 Å². The fraction of sp³-hybridized carbons (Fsp3) is 0.606. The van der Waals surface area contributed by atoms with Gasteiger partial charge >= 0.3 is 6.09 Å². The van der Waals surface area contributed by atoms with E-state index in [0.29, 0.717) is 23.5 Å². The van der Waals surface area contributed by atoms with Crippen molar-refractivity contribution in [1.29, 1.82) is 0 Å². The normalized spacial score (nSPS) is 18.9. The van der Waals surface area contributed by atoms with Crippen LogP contribution in [-0.2, 0) is 4.74 Å². The summed E-state index contributed by atoms with van der Waals surface area (Å²) in [5.74, 6) is 1.13. The number of hydrogen-bond acceptors (Lipinski definition) is 9. The molecule has 3 aromatic rings. The molecule has 0 unspecified atom stereocenters. The maximum atomic E-state index is 13.0. The molecule has 12 nitrogen and oxygen atoms in total. The van der Waals surface area contributed by atoms with Crippen LogP contribution < -0.4 is 10.2 Å². The van der Waals surface area contributed by atoms with Crippen LogP contribution in [-0.4, -0.2) is 111 Å². The molecule has 3 aromatic heterocycles. The number of nitrogens with one attached hydrogen (secondary N) is 1. The van der Waals surface area contributed by atoms with E-state index in [-0.39, 0.29) is 18.0 Å². The zero-order valence-electron chi connectivity index (χ0n) is 27.3. The summed E-state index contributed by atoms with van der Waals surface area (Å²) in [5, 5.41) is 4.14. The van der Waals surface area contributed by atoms with Crippen LogP contribution in [0.25, 0.3) is 11.0 Å². The van der Waals surface area contributed by atoms with Gasteiger partial charge in [-0.1, -0.05) is 12.8 Å². The van der Waals surface area contributed by atoms with E-state index >= 15 is 0 Å².